The predicted molar refractivity (Wildman–Crippen MR) is 91.1 cm³/mol. The highest BCUT2D eigenvalue weighted by Gasteiger charge is 2.55. The fourth-order valence-corrected chi connectivity index (χ4v) is 4.99. The van der Waals surface area contributed by atoms with E-state index in [4.69, 9.17) is 0 Å². The summed E-state index contributed by atoms with van der Waals surface area (Å²) in [6.45, 7) is 17.3. The van der Waals surface area contributed by atoms with E-state index in [2.05, 4.69) is 46.9 Å². The van der Waals surface area contributed by atoms with Crippen molar-refractivity contribution in [1.29, 1.82) is 0 Å². The van der Waals surface area contributed by atoms with Crippen molar-refractivity contribution in [3.63, 3.8) is 0 Å². The van der Waals surface area contributed by atoms with Crippen LogP contribution in [0.4, 0.5) is 0 Å². The summed E-state index contributed by atoms with van der Waals surface area (Å²) in [6, 6.07) is 0. The zero-order valence-electron chi connectivity index (χ0n) is 14.3. The van der Waals surface area contributed by atoms with E-state index in [1.165, 1.54) is 17.6 Å². The fourth-order valence-electron chi connectivity index (χ4n) is 4.99. The topological polar surface area (TPSA) is 20.2 Å². The van der Waals surface area contributed by atoms with Crippen molar-refractivity contribution in [2.75, 3.05) is 0 Å². The van der Waals surface area contributed by atoms with Gasteiger partial charge in [0, 0.05) is 0 Å². The van der Waals surface area contributed by atoms with Gasteiger partial charge in [0.25, 0.3) is 0 Å². The lowest BCUT2D eigenvalue weighted by atomic mass is 9.46. The number of fused-ring (bicyclic) bond motifs is 1. The van der Waals surface area contributed by atoms with Gasteiger partial charge in [0.1, 0.15) is 0 Å². The molecule has 0 heterocycles. The van der Waals surface area contributed by atoms with E-state index in [1.54, 1.807) is 0 Å². The lowest BCUT2D eigenvalue weighted by Crippen LogP contribution is -2.54. The van der Waals surface area contributed by atoms with Gasteiger partial charge in [-0.25, -0.2) is 0 Å². The van der Waals surface area contributed by atoms with E-state index in [0.29, 0.717) is 11.8 Å². The van der Waals surface area contributed by atoms with Gasteiger partial charge in [-0.1, -0.05) is 57.2 Å². The maximum Gasteiger partial charge on any atom is 0.0594 e. The molecule has 0 aromatic carbocycles. The summed E-state index contributed by atoms with van der Waals surface area (Å²) >= 11 is 0. The summed E-state index contributed by atoms with van der Waals surface area (Å²) in [5.41, 5.74) is 2.96. The third-order valence-electron chi connectivity index (χ3n) is 6.55. The molecule has 2 aliphatic rings. The van der Waals surface area contributed by atoms with Gasteiger partial charge in [-0.2, -0.15) is 0 Å². The Kier molecular flexibility index (Phi) is 4.54. The van der Waals surface area contributed by atoms with E-state index >= 15 is 0 Å². The second kappa shape index (κ2) is 5.76. The zero-order valence-corrected chi connectivity index (χ0v) is 14.3. The highest BCUT2D eigenvalue weighted by Crippen LogP contribution is 2.61. The Labute approximate surface area is 130 Å². The first-order valence-electron chi connectivity index (χ1n) is 8.38. The molecule has 0 aromatic heterocycles. The van der Waals surface area contributed by atoms with Crippen LogP contribution >= 0.6 is 0 Å². The summed E-state index contributed by atoms with van der Waals surface area (Å²) in [6.07, 6.45) is 9.49. The van der Waals surface area contributed by atoms with E-state index in [9.17, 15) is 5.11 Å². The number of hydrogen-bond acceptors (Lipinski definition) is 1. The van der Waals surface area contributed by atoms with Crippen LogP contribution in [0.25, 0.3) is 0 Å². The van der Waals surface area contributed by atoms with Crippen LogP contribution in [-0.2, 0) is 0 Å². The normalized spacial score (nSPS) is 39.8. The summed E-state index contributed by atoms with van der Waals surface area (Å²) in [5, 5.41) is 10.5. The molecule has 0 amide bonds. The van der Waals surface area contributed by atoms with Crippen molar-refractivity contribution in [3.8, 4) is 0 Å². The van der Waals surface area contributed by atoms with Gasteiger partial charge in [-0.05, 0) is 61.7 Å². The lowest BCUT2D eigenvalue weighted by molar-refractivity contribution is -0.123. The molecule has 2 saturated carbocycles. The van der Waals surface area contributed by atoms with Crippen molar-refractivity contribution in [3.05, 3.63) is 36.5 Å². The molecule has 2 aliphatic carbocycles. The summed E-state index contributed by atoms with van der Waals surface area (Å²) in [5.74, 6) is 1.12. The molecule has 0 unspecified atom stereocenters. The van der Waals surface area contributed by atoms with E-state index < -0.39 is 0 Å². The molecular weight excluding hydrogens is 256 g/mol. The Balaban J connectivity index is 2.32. The molecule has 0 radical (unpaired) electrons. The standard InChI is InChI=1S/C20H32O/c1-7-14(2)8-10-16-15(3)9-11-17-19(4,5)18(21)12-13-20(16,17)6/h7-8,16-18,21H,1,3,9-13H2,2,4-6H3/b14-8-/t16-,17-,18-,20+/m0/s1. The van der Waals surface area contributed by atoms with Crippen LogP contribution in [0.15, 0.2) is 36.5 Å². The van der Waals surface area contributed by atoms with Crippen molar-refractivity contribution < 1.29 is 5.11 Å². The van der Waals surface area contributed by atoms with Crippen LogP contribution in [0.2, 0.25) is 0 Å². The summed E-state index contributed by atoms with van der Waals surface area (Å²) in [7, 11) is 0. The van der Waals surface area contributed by atoms with Gasteiger partial charge in [0.05, 0.1) is 6.10 Å². The fraction of sp³-hybridized carbons (Fsp3) is 0.700. The molecule has 1 nitrogen and oxygen atoms in total. The molecule has 0 spiro atoms. The molecule has 21 heavy (non-hydrogen) atoms. The first kappa shape index (κ1) is 16.5. The molecule has 0 bridgehead atoms. The molecule has 0 aliphatic heterocycles. The predicted octanol–water partition coefficient (Wildman–Crippen LogP) is 5.28. The summed E-state index contributed by atoms with van der Waals surface area (Å²) < 4.78 is 0. The Bertz CT molecular complexity index is 456. The van der Waals surface area contributed by atoms with Crippen molar-refractivity contribution in [2.24, 2.45) is 22.7 Å². The van der Waals surface area contributed by atoms with Crippen LogP contribution in [0.5, 0.6) is 0 Å². The smallest absolute Gasteiger partial charge is 0.0594 e. The Hall–Kier alpha value is -0.820. The van der Waals surface area contributed by atoms with E-state index in [1.807, 2.05) is 6.08 Å². The third kappa shape index (κ3) is 2.77. The van der Waals surface area contributed by atoms with Gasteiger partial charge in [0.15, 0.2) is 0 Å². The number of hydrogen-bond donors (Lipinski definition) is 1. The Morgan fingerprint density at radius 2 is 2.00 bits per heavy atom. The van der Waals surface area contributed by atoms with Gasteiger partial charge in [-0.15, -0.1) is 0 Å². The number of aliphatic hydroxyl groups is 1. The van der Waals surface area contributed by atoms with E-state index in [-0.39, 0.29) is 16.9 Å². The van der Waals surface area contributed by atoms with Gasteiger partial charge in [0.2, 0.25) is 0 Å². The van der Waals surface area contributed by atoms with Crippen molar-refractivity contribution >= 4 is 0 Å². The molecule has 2 fully saturated rings. The van der Waals surface area contributed by atoms with Gasteiger partial charge < -0.3 is 5.11 Å². The van der Waals surface area contributed by atoms with E-state index in [0.717, 1.165) is 25.7 Å². The van der Waals surface area contributed by atoms with Crippen molar-refractivity contribution in [2.45, 2.75) is 65.9 Å². The highest BCUT2D eigenvalue weighted by atomic mass is 16.3. The molecular formula is C20H32O. The molecule has 1 N–H and O–H groups in total. The molecule has 4 atom stereocenters. The molecule has 0 saturated heterocycles. The SMILES string of the molecule is C=C/C(C)=C\C[C@H]1C(=C)CC[C@H]2C(C)(C)[C@@H](O)CC[C@]12C. The average molecular weight is 288 g/mol. The second-order valence-electron chi connectivity index (χ2n) is 8.07. The maximum atomic E-state index is 10.5. The minimum absolute atomic E-state index is 0.0170. The van der Waals surface area contributed by atoms with Gasteiger partial charge >= 0.3 is 0 Å². The largest absolute Gasteiger partial charge is 0.393 e. The second-order valence-corrected chi connectivity index (χ2v) is 8.07. The van der Waals surface area contributed by atoms with Crippen LogP contribution in [0.1, 0.15) is 59.8 Å². The highest BCUT2D eigenvalue weighted by molar-refractivity contribution is 5.20. The summed E-state index contributed by atoms with van der Waals surface area (Å²) in [4.78, 5) is 0. The Morgan fingerprint density at radius 3 is 2.62 bits per heavy atom. The lowest BCUT2D eigenvalue weighted by Gasteiger charge is -2.59. The van der Waals surface area contributed by atoms with Crippen LogP contribution < -0.4 is 0 Å². The maximum absolute atomic E-state index is 10.5. The number of allylic oxidation sites excluding steroid dienone is 4. The van der Waals surface area contributed by atoms with Gasteiger partial charge in [-0.3, -0.25) is 0 Å². The van der Waals surface area contributed by atoms with Crippen LogP contribution in [0, 0.1) is 22.7 Å². The molecule has 1 heteroatoms. The zero-order chi connectivity index (χ0) is 15.8. The molecule has 118 valence electrons. The van der Waals surface area contributed by atoms with Crippen molar-refractivity contribution in [1.82, 2.24) is 0 Å². The average Bonchev–Trinajstić information content (AvgIpc) is 2.42. The molecule has 2 rings (SSSR count). The number of rotatable bonds is 3. The van der Waals surface area contributed by atoms with Crippen LogP contribution in [0.3, 0.4) is 0 Å². The molecule has 0 aromatic rings. The minimum Gasteiger partial charge on any atom is -0.393 e. The van der Waals surface area contributed by atoms with Crippen LogP contribution in [-0.4, -0.2) is 11.2 Å². The quantitative estimate of drug-likeness (QED) is 0.553. The first-order chi connectivity index (χ1) is 9.73. The monoisotopic (exact) mass is 288 g/mol. The Morgan fingerprint density at radius 1 is 1.33 bits per heavy atom. The number of aliphatic hydroxyl groups excluding tert-OH is 1. The third-order valence-corrected chi connectivity index (χ3v) is 6.55. The minimum atomic E-state index is -0.159. The first-order valence-corrected chi connectivity index (χ1v) is 8.38.